The van der Waals surface area contributed by atoms with Crippen molar-refractivity contribution < 1.29 is 32.5 Å². The van der Waals surface area contributed by atoms with Crippen molar-refractivity contribution in [1.29, 1.82) is 0 Å². The largest absolute Gasteiger partial charge is 0.493 e. The molecule has 0 saturated carbocycles. The Morgan fingerprint density at radius 3 is 2.32 bits per heavy atom. The van der Waals surface area contributed by atoms with E-state index in [0.717, 1.165) is 24.8 Å². The Hall–Kier alpha value is -2.78. The first-order valence-corrected chi connectivity index (χ1v) is 13.0. The summed E-state index contributed by atoms with van der Waals surface area (Å²) in [6.07, 6.45) is 3.30. The van der Waals surface area contributed by atoms with E-state index in [2.05, 4.69) is 0 Å². The third kappa shape index (κ3) is 6.01. The van der Waals surface area contributed by atoms with E-state index in [-0.39, 0.29) is 18.2 Å². The lowest BCUT2D eigenvalue weighted by atomic mass is 9.89. The van der Waals surface area contributed by atoms with Crippen molar-refractivity contribution in [2.45, 2.75) is 43.9 Å². The highest BCUT2D eigenvalue weighted by atomic mass is 32.2. The quantitative estimate of drug-likeness (QED) is 0.511. The first kappa shape index (κ1) is 25.8. The summed E-state index contributed by atoms with van der Waals surface area (Å²) >= 11 is 0. The number of hydrogen-bond acceptors (Lipinski definition) is 6. The molecule has 0 aromatic heterocycles. The van der Waals surface area contributed by atoms with Gasteiger partial charge in [-0.25, -0.2) is 8.42 Å². The van der Waals surface area contributed by atoms with Gasteiger partial charge in [-0.2, -0.15) is 4.31 Å². The van der Waals surface area contributed by atoms with Crippen molar-refractivity contribution >= 4 is 16.0 Å². The minimum atomic E-state index is -3.77. The summed E-state index contributed by atoms with van der Waals surface area (Å²) in [6.45, 7) is 0.217. The van der Waals surface area contributed by atoms with E-state index in [9.17, 15) is 18.3 Å². The molecule has 8 nitrogen and oxygen atoms in total. The zero-order valence-corrected chi connectivity index (χ0v) is 20.7. The topological polar surface area (TPSA) is 102 Å². The number of methoxy groups -OCH3 is 3. The molecule has 3 rings (SSSR count). The summed E-state index contributed by atoms with van der Waals surface area (Å²) < 4.78 is 43.8. The van der Waals surface area contributed by atoms with E-state index < -0.39 is 22.0 Å². The molecule has 2 aromatic rings. The summed E-state index contributed by atoms with van der Waals surface area (Å²) in [7, 11) is 0.957. The van der Waals surface area contributed by atoms with E-state index >= 15 is 0 Å². The van der Waals surface area contributed by atoms with Crippen molar-refractivity contribution in [3.05, 3.63) is 53.6 Å². The number of hydrogen-bond donors (Lipinski definition) is 1. The van der Waals surface area contributed by atoms with Crippen LogP contribution in [-0.4, -0.2) is 57.7 Å². The summed E-state index contributed by atoms with van der Waals surface area (Å²) in [6, 6.07) is 11.6. The van der Waals surface area contributed by atoms with Crippen LogP contribution >= 0.6 is 0 Å². The Labute approximate surface area is 201 Å². The molecule has 2 aromatic carbocycles. The maximum atomic E-state index is 13.1. The fourth-order valence-corrected chi connectivity index (χ4v) is 6.41. The molecule has 1 heterocycles. The van der Waals surface area contributed by atoms with Gasteiger partial charge in [0.25, 0.3) is 0 Å². The highest BCUT2D eigenvalue weighted by Gasteiger charge is 2.39. The van der Waals surface area contributed by atoms with Gasteiger partial charge in [-0.3, -0.25) is 4.79 Å². The number of aryl methyl sites for hydroxylation is 1. The van der Waals surface area contributed by atoms with Gasteiger partial charge in [0.1, 0.15) is 6.04 Å². The van der Waals surface area contributed by atoms with Crippen molar-refractivity contribution in [3.63, 3.8) is 0 Å². The normalized spacial score (nSPS) is 18.9. The minimum absolute atomic E-state index is 0.0901. The Morgan fingerprint density at radius 1 is 1.00 bits per heavy atom. The number of ether oxygens (including phenoxy) is 3. The second-order valence-electron chi connectivity index (χ2n) is 8.49. The van der Waals surface area contributed by atoms with Gasteiger partial charge in [0.05, 0.1) is 27.1 Å². The number of carboxylic acid groups (broad SMARTS) is 1. The summed E-state index contributed by atoms with van der Waals surface area (Å²) in [5.41, 5.74) is 1.63. The zero-order chi connectivity index (χ0) is 24.7. The molecular formula is C25H33NO7S. The summed E-state index contributed by atoms with van der Waals surface area (Å²) in [4.78, 5) is 11.8. The molecular weight excluding hydrogens is 458 g/mol. The Bertz CT molecular complexity index is 1070. The molecule has 0 aliphatic carbocycles. The minimum Gasteiger partial charge on any atom is -0.493 e. The van der Waals surface area contributed by atoms with Crippen LogP contribution in [0.5, 0.6) is 17.2 Å². The molecule has 1 aliphatic rings. The molecule has 0 bridgehead atoms. The van der Waals surface area contributed by atoms with E-state index in [0.29, 0.717) is 35.7 Å². The van der Waals surface area contributed by atoms with Crippen LogP contribution in [0.1, 0.15) is 36.8 Å². The fraction of sp³-hybridized carbons (Fsp3) is 0.480. The number of piperidine rings is 1. The Kier molecular flexibility index (Phi) is 8.79. The predicted octanol–water partition coefficient (Wildman–Crippen LogP) is 3.73. The molecule has 1 N–H and O–H groups in total. The fourth-order valence-electron chi connectivity index (χ4n) is 4.61. The Morgan fingerprint density at radius 2 is 1.71 bits per heavy atom. The van der Waals surface area contributed by atoms with Gasteiger partial charge in [0.2, 0.25) is 15.8 Å². The molecule has 0 amide bonds. The van der Waals surface area contributed by atoms with Crippen LogP contribution in [0.3, 0.4) is 0 Å². The van der Waals surface area contributed by atoms with Crippen LogP contribution in [0, 0.1) is 5.92 Å². The molecule has 1 fully saturated rings. The maximum Gasteiger partial charge on any atom is 0.322 e. The van der Waals surface area contributed by atoms with Crippen molar-refractivity contribution in [2.24, 2.45) is 5.92 Å². The lowest BCUT2D eigenvalue weighted by Gasteiger charge is -2.36. The van der Waals surface area contributed by atoms with Gasteiger partial charge in [0.15, 0.2) is 11.5 Å². The first-order chi connectivity index (χ1) is 16.3. The van der Waals surface area contributed by atoms with Gasteiger partial charge < -0.3 is 19.3 Å². The van der Waals surface area contributed by atoms with E-state index in [1.54, 1.807) is 45.6 Å². The number of carbonyl (C=O) groups is 1. The van der Waals surface area contributed by atoms with Crippen LogP contribution in [0.2, 0.25) is 0 Å². The van der Waals surface area contributed by atoms with Gasteiger partial charge in [-0.05, 0) is 55.2 Å². The van der Waals surface area contributed by atoms with Crippen molar-refractivity contribution in [1.82, 2.24) is 4.31 Å². The number of aliphatic carboxylic acids is 1. The smallest absolute Gasteiger partial charge is 0.322 e. The van der Waals surface area contributed by atoms with E-state index in [1.807, 2.05) is 18.2 Å². The molecule has 34 heavy (non-hydrogen) atoms. The molecule has 2 atom stereocenters. The highest BCUT2D eigenvalue weighted by molar-refractivity contribution is 7.88. The number of rotatable bonds is 11. The van der Waals surface area contributed by atoms with Crippen LogP contribution in [0.25, 0.3) is 0 Å². The van der Waals surface area contributed by atoms with Crippen LogP contribution in [-0.2, 0) is 27.0 Å². The predicted molar refractivity (Wildman–Crippen MR) is 129 cm³/mol. The molecule has 0 spiro atoms. The average Bonchev–Trinajstić information content (AvgIpc) is 2.83. The van der Waals surface area contributed by atoms with Crippen molar-refractivity contribution in [3.8, 4) is 17.2 Å². The molecule has 9 heteroatoms. The summed E-state index contributed by atoms with van der Waals surface area (Å²) in [5, 5.41) is 9.66. The van der Waals surface area contributed by atoms with Crippen molar-refractivity contribution in [2.75, 3.05) is 27.9 Å². The lowest BCUT2D eigenvalue weighted by Crippen LogP contribution is -2.50. The number of nitrogens with zero attached hydrogens (tertiary/aromatic N) is 1. The van der Waals surface area contributed by atoms with E-state index in [1.165, 1.54) is 4.31 Å². The van der Waals surface area contributed by atoms with Crippen LogP contribution in [0.4, 0.5) is 0 Å². The van der Waals surface area contributed by atoms with Gasteiger partial charge in [-0.15, -0.1) is 0 Å². The summed E-state index contributed by atoms with van der Waals surface area (Å²) in [5.74, 6) is 0.561. The second kappa shape index (κ2) is 11.6. The third-order valence-corrected chi connectivity index (χ3v) is 8.13. The van der Waals surface area contributed by atoms with Crippen LogP contribution < -0.4 is 14.2 Å². The zero-order valence-electron chi connectivity index (χ0n) is 19.9. The van der Waals surface area contributed by atoms with Gasteiger partial charge >= 0.3 is 5.97 Å². The number of sulfonamides is 1. The second-order valence-corrected chi connectivity index (χ2v) is 10.4. The first-order valence-electron chi connectivity index (χ1n) is 11.3. The average molecular weight is 492 g/mol. The number of benzene rings is 2. The molecule has 186 valence electrons. The monoisotopic (exact) mass is 491 g/mol. The number of carboxylic acids is 1. The van der Waals surface area contributed by atoms with E-state index in [4.69, 9.17) is 14.2 Å². The Balaban J connectivity index is 1.68. The molecule has 1 aliphatic heterocycles. The molecule has 0 radical (unpaired) electrons. The maximum absolute atomic E-state index is 13.1. The SMILES string of the molecule is COc1ccc(CCCC2CCC(C(=O)O)N(S(=O)(=O)Cc3ccccc3)C2)c(OC)c1OC. The molecule has 1 saturated heterocycles. The van der Waals surface area contributed by atoms with Gasteiger partial charge in [-0.1, -0.05) is 36.4 Å². The third-order valence-electron chi connectivity index (χ3n) is 6.31. The molecule has 2 unspecified atom stereocenters. The lowest BCUT2D eigenvalue weighted by molar-refractivity contribution is -0.142. The standard InChI is InChI=1S/C25H33NO7S/c1-31-22-15-13-20(23(32-2)24(22)33-3)11-7-10-18-12-14-21(25(27)28)26(16-18)34(29,30)17-19-8-5-4-6-9-19/h4-6,8-9,13,15,18,21H,7,10-12,14,16-17H2,1-3H3,(H,27,28). The van der Waals surface area contributed by atoms with Crippen LogP contribution in [0.15, 0.2) is 42.5 Å². The van der Waals surface area contributed by atoms with Gasteiger partial charge in [0, 0.05) is 6.54 Å². The highest BCUT2D eigenvalue weighted by Crippen LogP contribution is 2.40.